The van der Waals surface area contributed by atoms with Crippen molar-refractivity contribution in [3.05, 3.63) is 53.1 Å². The Morgan fingerprint density at radius 2 is 1.62 bits per heavy atom. The molecule has 1 amide bonds. The van der Waals surface area contributed by atoms with E-state index in [0.717, 1.165) is 17.7 Å². The fraction of sp³-hybridized carbons (Fsp3) is 0.235. The van der Waals surface area contributed by atoms with Crippen LogP contribution in [0.25, 0.3) is 0 Å². The monoisotopic (exact) mass is 339 g/mol. The van der Waals surface area contributed by atoms with Crippen molar-refractivity contribution >= 4 is 11.6 Å². The Kier molecular flexibility index (Phi) is 5.02. The van der Waals surface area contributed by atoms with Crippen molar-refractivity contribution in [3.63, 3.8) is 0 Å². The summed E-state index contributed by atoms with van der Waals surface area (Å²) >= 11 is 0. The lowest BCUT2D eigenvalue weighted by atomic mass is 10.1. The molecule has 0 atom stereocenters. The summed E-state index contributed by atoms with van der Waals surface area (Å²) in [5, 5.41) is 2.44. The molecule has 0 heterocycles. The Bertz CT molecular complexity index is 732. The molecule has 4 nitrogen and oxygen atoms in total. The Morgan fingerprint density at radius 1 is 1.04 bits per heavy atom. The van der Waals surface area contributed by atoms with Crippen molar-refractivity contribution in [1.29, 1.82) is 0 Å². The number of rotatable bonds is 4. The van der Waals surface area contributed by atoms with E-state index in [1.807, 2.05) is 0 Å². The fourth-order valence-electron chi connectivity index (χ4n) is 2.19. The van der Waals surface area contributed by atoms with Crippen LogP contribution in [0.15, 0.2) is 36.4 Å². The molecule has 7 heteroatoms. The number of hydrogen-bond donors (Lipinski definition) is 1. The van der Waals surface area contributed by atoms with E-state index >= 15 is 0 Å². The maximum Gasteiger partial charge on any atom is 0.416 e. The number of anilines is 1. The number of amides is 1. The topological polar surface area (TPSA) is 47.6 Å². The third kappa shape index (κ3) is 3.79. The zero-order chi connectivity index (χ0) is 17.9. The molecule has 0 aliphatic heterocycles. The highest BCUT2D eigenvalue weighted by molar-refractivity contribution is 6.05. The molecule has 0 bridgehead atoms. The van der Waals surface area contributed by atoms with Gasteiger partial charge < -0.3 is 14.8 Å². The Balaban J connectivity index is 2.30. The first-order valence-electron chi connectivity index (χ1n) is 6.97. The highest BCUT2D eigenvalue weighted by Crippen LogP contribution is 2.32. The second-order valence-corrected chi connectivity index (χ2v) is 5.04. The minimum atomic E-state index is -4.48. The smallest absolute Gasteiger partial charge is 0.416 e. The molecule has 2 aromatic carbocycles. The molecule has 0 saturated carbocycles. The summed E-state index contributed by atoms with van der Waals surface area (Å²) in [6, 6.07) is 7.43. The summed E-state index contributed by atoms with van der Waals surface area (Å²) in [5.41, 5.74) is 0.148. The number of methoxy groups -OCH3 is 2. The SMILES string of the molecule is COc1cc(C(=O)Nc2cccc(C(F)(F)F)c2)cc(OC)c1C. The van der Waals surface area contributed by atoms with Crippen LogP contribution in [0.3, 0.4) is 0 Å². The number of carbonyl (C=O) groups is 1. The highest BCUT2D eigenvalue weighted by Gasteiger charge is 2.30. The van der Waals surface area contributed by atoms with Crippen LogP contribution in [-0.4, -0.2) is 20.1 Å². The minimum absolute atomic E-state index is 0.0494. The first-order valence-corrected chi connectivity index (χ1v) is 6.97. The summed E-state index contributed by atoms with van der Waals surface area (Å²) in [4.78, 5) is 12.3. The molecular formula is C17H16F3NO3. The molecule has 0 saturated heterocycles. The predicted octanol–water partition coefficient (Wildman–Crippen LogP) is 4.28. The van der Waals surface area contributed by atoms with E-state index < -0.39 is 17.6 Å². The molecular weight excluding hydrogens is 323 g/mol. The van der Waals surface area contributed by atoms with Crippen LogP contribution in [0.1, 0.15) is 21.5 Å². The van der Waals surface area contributed by atoms with Crippen molar-refractivity contribution in [2.45, 2.75) is 13.1 Å². The quantitative estimate of drug-likeness (QED) is 0.904. The van der Waals surface area contributed by atoms with Crippen LogP contribution < -0.4 is 14.8 Å². The van der Waals surface area contributed by atoms with E-state index in [-0.39, 0.29) is 11.3 Å². The van der Waals surface area contributed by atoms with Gasteiger partial charge in [0.2, 0.25) is 0 Å². The Morgan fingerprint density at radius 3 is 2.12 bits per heavy atom. The van der Waals surface area contributed by atoms with Gasteiger partial charge in [0.25, 0.3) is 5.91 Å². The molecule has 0 aliphatic carbocycles. The van der Waals surface area contributed by atoms with Crippen LogP contribution in [0.5, 0.6) is 11.5 Å². The van der Waals surface area contributed by atoms with Crippen molar-refractivity contribution in [3.8, 4) is 11.5 Å². The molecule has 0 aromatic heterocycles. The van der Waals surface area contributed by atoms with Gasteiger partial charge in [-0.15, -0.1) is 0 Å². The largest absolute Gasteiger partial charge is 0.496 e. The van der Waals surface area contributed by atoms with Gasteiger partial charge in [-0.1, -0.05) is 6.07 Å². The van der Waals surface area contributed by atoms with Crippen LogP contribution in [-0.2, 0) is 6.18 Å². The maximum atomic E-state index is 12.7. The van der Waals surface area contributed by atoms with Gasteiger partial charge in [-0.25, -0.2) is 0 Å². The Hall–Kier alpha value is -2.70. The van der Waals surface area contributed by atoms with Crippen LogP contribution in [0.2, 0.25) is 0 Å². The molecule has 0 radical (unpaired) electrons. The standard InChI is InChI=1S/C17H16F3NO3/c1-10-14(23-2)7-11(8-15(10)24-3)16(22)21-13-6-4-5-12(9-13)17(18,19)20/h4-9H,1-3H3,(H,21,22). The molecule has 128 valence electrons. The highest BCUT2D eigenvalue weighted by atomic mass is 19.4. The van der Waals surface area contributed by atoms with E-state index in [1.54, 1.807) is 6.92 Å². The summed E-state index contributed by atoms with van der Waals surface area (Å²) in [5.74, 6) is 0.331. The lowest BCUT2D eigenvalue weighted by Gasteiger charge is -2.13. The lowest BCUT2D eigenvalue weighted by molar-refractivity contribution is -0.137. The summed E-state index contributed by atoms with van der Waals surface area (Å²) < 4.78 is 48.5. The summed E-state index contributed by atoms with van der Waals surface area (Å²) in [6.07, 6.45) is -4.48. The number of benzene rings is 2. The van der Waals surface area contributed by atoms with Crippen molar-refractivity contribution in [2.75, 3.05) is 19.5 Å². The average Bonchev–Trinajstić information content (AvgIpc) is 2.54. The zero-order valence-electron chi connectivity index (χ0n) is 13.3. The van der Waals surface area contributed by atoms with E-state index in [0.29, 0.717) is 11.5 Å². The van der Waals surface area contributed by atoms with Crippen LogP contribution in [0, 0.1) is 6.92 Å². The minimum Gasteiger partial charge on any atom is -0.496 e. The molecule has 1 N–H and O–H groups in total. The third-order valence-corrected chi connectivity index (χ3v) is 3.46. The van der Waals surface area contributed by atoms with Gasteiger partial charge in [-0.05, 0) is 37.3 Å². The summed E-state index contributed by atoms with van der Waals surface area (Å²) in [6.45, 7) is 1.77. The van der Waals surface area contributed by atoms with Crippen LogP contribution >= 0.6 is 0 Å². The molecule has 0 aliphatic rings. The van der Waals surface area contributed by atoms with E-state index in [4.69, 9.17) is 9.47 Å². The second kappa shape index (κ2) is 6.82. The van der Waals surface area contributed by atoms with Crippen molar-refractivity contribution in [1.82, 2.24) is 0 Å². The first-order chi connectivity index (χ1) is 11.3. The van der Waals surface area contributed by atoms with Gasteiger partial charge >= 0.3 is 6.18 Å². The van der Waals surface area contributed by atoms with Crippen LogP contribution in [0.4, 0.5) is 18.9 Å². The zero-order valence-corrected chi connectivity index (χ0v) is 13.3. The van der Waals surface area contributed by atoms with Gasteiger partial charge in [0, 0.05) is 16.8 Å². The fourth-order valence-corrected chi connectivity index (χ4v) is 2.19. The van der Waals surface area contributed by atoms with E-state index in [9.17, 15) is 18.0 Å². The van der Waals surface area contributed by atoms with Crippen molar-refractivity contribution < 1.29 is 27.4 Å². The molecule has 24 heavy (non-hydrogen) atoms. The number of hydrogen-bond acceptors (Lipinski definition) is 3. The average molecular weight is 339 g/mol. The number of alkyl halides is 3. The molecule has 0 spiro atoms. The first kappa shape index (κ1) is 17.7. The third-order valence-electron chi connectivity index (χ3n) is 3.46. The van der Waals surface area contributed by atoms with E-state index in [1.165, 1.54) is 38.5 Å². The normalized spacial score (nSPS) is 11.1. The Labute approximate surface area is 137 Å². The van der Waals surface area contributed by atoms with Gasteiger partial charge in [-0.3, -0.25) is 4.79 Å². The molecule has 0 unspecified atom stereocenters. The second-order valence-electron chi connectivity index (χ2n) is 5.04. The van der Waals surface area contributed by atoms with Gasteiger partial charge in [-0.2, -0.15) is 13.2 Å². The molecule has 0 fully saturated rings. The number of carbonyl (C=O) groups excluding carboxylic acids is 1. The number of nitrogens with one attached hydrogen (secondary N) is 1. The van der Waals surface area contributed by atoms with Crippen molar-refractivity contribution in [2.24, 2.45) is 0 Å². The lowest BCUT2D eigenvalue weighted by Crippen LogP contribution is -2.13. The number of halogens is 3. The predicted molar refractivity (Wildman–Crippen MR) is 83.7 cm³/mol. The maximum absolute atomic E-state index is 12.7. The van der Waals surface area contributed by atoms with Gasteiger partial charge in [0.1, 0.15) is 11.5 Å². The summed E-state index contributed by atoms with van der Waals surface area (Å²) in [7, 11) is 2.91. The van der Waals surface area contributed by atoms with Gasteiger partial charge in [0.15, 0.2) is 0 Å². The number of ether oxygens (including phenoxy) is 2. The molecule has 2 rings (SSSR count). The van der Waals surface area contributed by atoms with Gasteiger partial charge in [0.05, 0.1) is 19.8 Å². The molecule has 2 aromatic rings. The van der Waals surface area contributed by atoms with E-state index in [2.05, 4.69) is 5.32 Å².